The van der Waals surface area contributed by atoms with E-state index in [0.717, 1.165) is 31.5 Å². The van der Waals surface area contributed by atoms with Crippen molar-refractivity contribution < 1.29 is 19.1 Å². The average molecular weight is 368 g/mol. The number of aromatic nitrogens is 1. The molecule has 1 saturated heterocycles. The van der Waals surface area contributed by atoms with Gasteiger partial charge in [-0.2, -0.15) is 0 Å². The lowest BCUT2D eigenvalue weighted by atomic mass is 10.1. The minimum Gasteiger partial charge on any atom is -0.456 e. The Morgan fingerprint density at radius 1 is 1.07 bits per heavy atom. The van der Waals surface area contributed by atoms with Crippen molar-refractivity contribution in [1.29, 1.82) is 0 Å². The molecule has 3 rings (SSSR count). The van der Waals surface area contributed by atoms with Crippen molar-refractivity contribution in [1.82, 2.24) is 9.88 Å². The highest BCUT2D eigenvalue weighted by atomic mass is 16.5. The number of H-pyrrole nitrogens is 1. The minimum atomic E-state index is -0.500. The largest absolute Gasteiger partial charge is 0.456 e. The molecule has 0 bridgehead atoms. The molecule has 0 saturated carbocycles. The summed E-state index contributed by atoms with van der Waals surface area (Å²) in [6.45, 7) is 6.70. The molecule has 0 spiro atoms. The molecule has 1 aromatic heterocycles. The summed E-state index contributed by atoms with van der Waals surface area (Å²) in [6.07, 6.45) is 2.12. The predicted octanol–water partition coefficient (Wildman–Crippen LogP) is 3.43. The van der Waals surface area contributed by atoms with Gasteiger partial charge in [-0.25, -0.2) is 4.79 Å². The number of hydrogen-bond donors (Lipinski definition) is 1. The zero-order valence-corrected chi connectivity index (χ0v) is 15.9. The first-order valence-electron chi connectivity index (χ1n) is 9.14. The number of aromatic amines is 1. The number of amides is 1. The lowest BCUT2D eigenvalue weighted by Gasteiger charge is -2.15. The van der Waals surface area contributed by atoms with E-state index >= 15 is 0 Å². The molecule has 0 radical (unpaired) electrons. The Bertz CT molecular complexity index is 874. The number of nitrogens with zero attached hydrogens (tertiary/aromatic N) is 1. The van der Waals surface area contributed by atoms with E-state index in [0.29, 0.717) is 28.1 Å². The Kier molecular flexibility index (Phi) is 5.44. The van der Waals surface area contributed by atoms with Crippen LogP contribution < -0.4 is 0 Å². The SMILES string of the molecule is CC(=O)c1c(C)[nH]c(C(=O)OCc2ccc(C(=O)N3CCCC3)cc2)c1C. The Morgan fingerprint density at radius 2 is 1.70 bits per heavy atom. The second-order valence-electron chi connectivity index (χ2n) is 6.95. The fraction of sp³-hybridized carbons (Fsp3) is 0.381. The number of aryl methyl sites for hydroxylation is 1. The van der Waals surface area contributed by atoms with E-state index in [1.165, 1.54) is 6.92 Å². The smallest absolute Gasteiger partial charge is 0.355 e. The summed E-state index contributed by atoms with van der Waals surface area (Å²) in [7, 11) is 0. The topological polar surface area (TPSA) is 79.5 Å². The predicted molar refractivity (Wildman–Crippen MR) is 101 cm³/mol. The Morgan fingerprint density at radius 3 is 2.26 bits per heavy atom. The lowest BCUT2D eigenvalue weighted by Crippen LogP contribution is -2.27. The highest BCUT2D eigenvalue weighted by molar-refractivity contribution is 6.01. The molecule has 1 amide bonds. The molecule has 142 valence electrons. The van der Waals surface area contributed by atoms with Crippen molar-refractivity contribution in [2.75, 3.05) is 13.1 Å². The van der Waals surface area contributed by atoms with Crippen LogP contribution in [-0.2, 0) is 11.3 Å². The number of rotatable bonds is 5. The van der Waals surface area contributed by atoms with E-state index < -0.39 is 5.97 Å². The van der Waals surface area contributed by atoms with Crippen molar-refractivity contribution in [3.63, 3.8) is 0 Å². The third-order valence-electron chi connectivity index (χ3n) is 4.96. The van der Waals surface area contributed by atoms with Crippen LogP contribution in [0.1, 0.15) is 67.8 Å². The van der Waals surface area contributed by atoms with Crippen LogP contribution in [0.2, 0.25) is 0 Å². The second kappa shape index (κ2) is 7.78. The van der Waals surface area contributed by atoms with Crippen LogP contribution in [0.5, 0.6) is 0 Å². The normalized spacial score (nSPS) is 13.7. The van der Waals surface area contributed by atoms with Crippen LogP contribution in [0, 0.1) is 13.8 Å². The molecule has 1 aromatic carbocycles. The Hall–Kier alpha value is -2.89. The van der Waals surface area contributed by atoms with Gasteiger partial charge in [0.15, 0.2) is 5.78 Å². The van der Waals surface area contributed by atoms with Gasteiger partial charge in [-0.15, -0.1) is 0 Å². The van der Waals surface area contributed by atoms with E-state index in [9.17, 15) is 14.4 Å². The molecule has 0 unspecified atom stereocenters. The molecule has 1 aliphatic heterocycles. The van der Waals surface area contributed by atoms with Crippen LogP contribution in [0.3, 0.4) is 0 Å². The number of ketones is 1. The number of nitrogens with one attached hydrogen (secondary N) is 1. The van der Waals surface area contributed by atoms with Gasteiger partial charge in [-0.05, 0) is 56.9 Å². The van der Waals surface area contributed by atoms with Crippen molar-refractivity contribution in [2.45, 2.75) is 40.2 Å². The van der Waals surface area contributed by atoms with Gasteiger partial charge in [-0.1, -0.05) is 12.1 Å². The number of benzene rings is 1. The van der Waals surface area contributed by atoms with Gasteiger partial charge < -0.3 is 14.6 Å². The molecule has 1 fully saturated rings. The molecule has 6 heteroatoms. The van der Waals surface area contributed by atoms with Gasteiger partial charge in [0.05, 0.1) is 0 Å². The molecule has 0 aliphatic carbocycles. The summed E-state index contributed by atoms with van der Waals surface area (Å²) in [5, 5.41) is 0. The Balaban J connectivity index is 1.63. The molecule has 2 heterocycles. The monoisotopic (exact) mass is 368 g/mol. The van der Waals surface area contributed by atoms with Gasteiger partial charge >= 0.3 is 5.97 Å². The first-order chi connectivity index (χ1) is 12.9. The van der Waals surface area contributed by atoms with Gasteiger partial charge in [0.25, 0.3) is 5.91 Å². The number of likely N-dealkylation sites (tertiary alicyclic amines) is 1. The van der Waals surface area contributed by atoms with Gasteiger partial charge in [0, 0.05) is 29.9 Å². The van der Waals surface area contributed by atoms with E-state index in [4.69, 9.17) is 4.74 Å². The van der Waals surface area contributed by atoms with Gasteiger partial charge in [-0.3, -0.25) is 9.59 Å². The van der Waals surface area contributed by atoms with Crippen LogP contribution in [-0.4, -0.2) is 40.6 Å². The molecule has 27 heavy (non-hydrogen) atoms. The van der Waals surface area contributed by atoms with Crippen LogP contribution >= 0.6 is 0 Å². The number of carbonyl (C=O) groups is 3. The maximum absolute atomic E-state index is 12.4. The number of carbonyl (C=O) groups excluding carboxylic acids is 3. The standard InChI is InChI=1S/C21H24N2O4/c1-13-18(15(3)24)14(2)22-19(13)21(26)27-12-16-6-8-17(9-7-16)20(25)23-10-4-5-11-23/h6-9,22H,4-5,10-12H2,1-3H3. The summed E-state index contributed by atoms with van der Waals surface area (Å²) >= 11 is 0. The van der Waals surface area contributed by atoms with Crippen LogP contribution in [0.15, 0.2) is 24.3 Å². The highest BCUT2D eigenvalue weighted by Gasteiger charge is 2.21. The molecule has 6 nitrogen and oxygen atoms in total. The first kappa shape index (κ1) is 18.9. The molecule has 0 atom stereocenters. The van der Waals surface area contributed by atoms with Gasteiger partial charge in [0.1, 0.15) is 12.3 Å². The average Bonchev–Trinajstić information content (AvgIpc) is 3.27. The van der Waals surface area contributed by atoms with E-state index in [2.05, 4.69) is 4.98 Å². The number of esters is 1. The fourth-order valence-corrected chi connectivity index (χ4v) is 3.55. The second-order valence-corrected chi connectivity index (χ2v) is 6.95. The van der Waals surface area contributed by atoms with Crippen molar-refractivity contribution >= 4 is 17.7 Å². The van der Waals surface area contributed by atoms with Gasteiger partial charge in [0.2, 0.25) is 0 Å². The third kappa shape index (κ3) is 3.94. The first-order valence-corrected chi connectivity index (χ1v) is 9.14. The molecule has 1 aliphatic rings. The molecule has 1 N–H and O–H groups in total. The van der Waals surface area contributed by atoms with Crippen molar-refractivity contribution in [3.8, 4) is 0 Å². The fourth-order valence-electron chi connectivity index (χ4n) is 3.55. The summed E-state index contributed by atoms with van der Waals surface area (Å²) < 4.78 is 5.37. The zero-order chi connectivity index (χ0) is 19.6. The quantitative estimate of drug-likeness (QED) is 0.648. The Labute approximate surface area is 158 Å². The maximum Gasteiger partial charge on any atom is 0.355 e. The lowest BCUT2D eigenvalue weighted by molar-refractivity contribution is 0.0465. The van der Waals surface area contributed by atoms with Crippen LogP contribution in [0.25, 0.3) is 0 Å². The number of hydrogen-bond acceptors (Lipinski definition) is 4. The third-order valence-corrected chi connectivity index (χ3v) is 4.96. The number of Topliss-reactive ketones (excluding diaryl/α,β-unsaturated/α-hetero) is 1. The highest BCUT2D eigenvalue weighted by Crippen LogP contribution is 2.20. The van der Waals surface area contributed by atoms with E-state index in [1.54, 1.807) is 38.1 Å². The summed E-state index contributed by atoms with van der Waals surface area (Å²) in [5.41, 5.74) is 3.56. The summed E-state index contributed by atoms with van der Waals surface area (Å²) in [6, 6.07) is 7.12. The summed E-state index contributed by atoms with van der Waals surface area (Å²) in [5.74, 6) is -0.538. The summed E-state index contributed by atoms with van der Waals surface area (Å²) in [4.78, 5) is 41.2. The molecular formula is C21H24N2O4. The maximum atomic E-state index is 12.4. The van der Waals surface area contributed by atoms with E-state index in [1.807, 2.05) is 4.90 Å². The number of ether oxygens (including phenoxy) is 1. The molecule has 2 aromatic rings. The molecular weight excluding hydrogens is 344 g/mol. The zero-order valence-electron chi connectivity index (χ0n) is 15.9. The minimum absolute atomic E-state index is 0.0466. The van der Waals surface area contributed by atoms with Crippen molar-refractivity contribution in [3.05, 3.63) is 57.9 Å². The van der Waals surface area contributed by atoms with Crippen molar-refractivity contribution in [2.24, 2.45) is 0 Å². The van der Waals surface area contributed by atoms with E-state index in [-0.39, 0.29) is 18.3 Å². The van der Waals surface area contributed by atoms with Crippen LogP contribution in [0.4, 0.5) is 0 Å².